The first-order valence-electron chi connectivity index (χ1n) is 6.83. The lowest BCUT2D eigenvalue weighted by Gasteiger charge is -2.16. The molecule has 4 nitrogen and oxygen atoms in total. The fourth-order valence-corrected chi connectivity index (χ4v) is 3.17. The van der Waals surface area contributed by atoms with Gasteiger partial charge in [0.2, 0.25) is 0 Å². The van der Waals surface area contributed by atoms with Crippen molar-refractivity contribution in [1.82, 2.24) is 4.57 Å². The zero-order valence-electron chi connectivity index (χ0n) is 12.6. The Balaban J connectivity index is 2.96. The number of fused-ring (bicyclic) bond motifs is 1. The number of nitrogens with zero attached hydrogens (tertiary/aromatic N) is 1. The number of methoxy groups -OCH3 is 1. The number of aldehydes is 1. The second-order valence-electron chi connectivity index (χ2n) is 5.08. The largest absolute Gasteiger partial charge is 0.465 e. The second-order valence-corrected chi connectivity index (χ2v) is 6.00. The second kappa shape index (κ2) is 6.02. The van der Waals surface area contributed by atoms with Crippen LogP contribution in [0.1, 0.15) is 52.7 Å². The molecule has 0 aliphatic carbocycles. The molecule has 0 saturated heterocycles. The van der Waals surface area contributed by atoms with E-state index in [0.717, 1.165) is 28.4 Å². The normalized spacial score (nSPS) is 12.4. The Bertz CT molecular complexity index is 718. The summed E-state index contributed by atoms with van der Waals surface area (Å²) in [5.74, 6) is -0.439. The van der Waals surface area contributed by atoms with Crippen LogP contribution < -0.4 is 0 Å². The fourth-order valence-electron chi connectivity index (χ4n) is 2.72. The molecule has 2 rings (SSSR count). The number of aromatic nitrogens is 1. The maximum atomic E-state index is 12.0. The highest BCUT2D eigenvalue weighted by atomic mass is 79.9. The van der Waals surface area contributed by atoms with E-state index in [-0.39, 0.29) is 6.04 Å². The number of carbonyl (C=O) groups excluding carboxylic acids is 2. The van der Waals surface area contributed by atoms with Crippen LogP contribution in [-0.4, -0.2) is 23.9 Å². The van der Waals surface area contributed by atoms with Gasteiger partial charge in [0.25, 0.3) is 0 Å². The molecule has 5 heteroatoms. The van der Waals surface area contributed by atoms with E-state index in [1.807, 2.05) is 13.0 Å². The molecule has 0 bridgehead atoms. The Morgan fingerprint density at radius 1 is 1.48 bits per heavy atom. The Morgan fingerprint density at radius 2 is 2.14 bits per heavy atom. The number of hydrogen-bond donors (Lipinski definition) is 0. The van der Waals surface area contributed by atoms with Crippen LogP contribution in [-0.2, 0) is 4.74 Å². The van der Waals surface area contributed by atoms with Crippen molar-refractivity contribution >= 4 is 39.1 Å². The van der Waals surface area contributed by atoms with Gasteiger partial charge in [-0.2, -0.15) is 0 Å². The number of carbonyl (C=O) groups is 2. The van der Waals surface area contributed by atoms with Gasteiger partial charge >= 0.3 is 5.97 Å². The van der Waals surface area contributed by atoms with Crippen LogP contribution in [0.15, 0.2) is 16.6 Å². The van der Waals surface area contributed by atoms with Gasteiger partial charge in [-0.25, -0.2) is 4.79 Å². The van der Waals surface area contributed by atoms with Crippen molar-refractivity contribution in [2.75, 3.05) is 7.11 Å². The Kier molecular flexibility index (Phi) is 4.52. The monoisotopic (exact) mass is 351 g/mol. The summed E-state index contributed by atoms with van der Waals surface area (Å²) in [6, 6.07) is 3.87. The highest BCUT2D eigenvalue weighted by Crippen LogP contribution is 2.34. The van der Waals surface area contributed by atoms with E-state index >= 15 is 0 Å². The molecule has 0 fully saturated rings. The van der Waals surface area contributed by atoms with Crippen LogP contribution in [0.5, 0.6) is 0 Å². The van der Waals surface area contributed by atoms with Gasteiger partial charge < -0.3 is 9.30 Å². The molecule has 1 atom stereocenters. The van der Waals surface area contributed by atoms with Crippen molar-refractivity contribution in [3.05, 3.63) is 33.4 Å². The molecule has 21 heavy (non-hydrogen) atoms. The van der Waals surface area contributed by atoms with E-state index in [4.69, 9.17) is 4.74 Å². The summed E-state index contributed by atoms with van der Waals surface area (Å²) >= 11 is 3.43. The molecule has 1 aromatic carbocycles. The van der Waals surface area contributed by atoms with Crippen LogP contribution in [0.4, 0.5) is 0 Å². The fraction of sp³-hybridized carbons (Fsp3) is 0.375. The Labute approximate surface area is 132 Å². The van der Waals surface area contributed by atoms with E-state index in [1.165, 1.54) is 7.11 Å². The SMILES string of the molecule is CCC(C)n1c(C)c(C=O)c2c(C(=O)OC)cc(Br)cc21. The van der Waals surface area contributed by atoms with Gasteiger partial charge in [0.1, 0.15) is 0 Å². The molecule has 1 heterocycles. The number of esters is 1. The molecular weight excluding hydrogens is 334 g/mol. The van der Waals surface area contributed by atoms with E-state index < -0.39 is 5.97 Å². The van der Waals surface area contributed by atoms with Crippen LogP contribution >= 0.6 is 15.9 Å². The van der Waals surface area contributed by atoms with Gasteiger partial charge in [0.15, 0.2) is 6.29 Å². The molecule has 2 aromatic rings. The smallest absolute Gasteiger partial charge is 0.338 e. The highest BCUT2D eigenvalue weighted by Gasteiger charge is 2.23. The minimum absolute atomic E-state index is 0.237. The summed E-state index contributed by atoms with van der Waals surface area (Å²) in [4.78, 5) is 23.6. The summed E-state index contributed by atoms with van der Waals surface area (Å²) in [7, 11) is 1.34. The number of benzene rings is 1. The molecule has 1 unspecified atom stereocenters. The lowest BCUT2D eigenvalue weighted by molar-refractivity contribution is 0.0603. The molecule has 0 N–H and O–H groups in total. The third-order valence-corrected chi connectivity index (χ3v) is 4.37. The summed E-state index contributed by atoms with van der Waals surface area (Å²) in [5, 5.41) is 0.665. The van der Waals surface area contributed by atoms with Crippen LogP contribution in [0.25, 0.3) is 10.9 Å². The van der Waals surface area contributed by atoms with Crippen LogP contribution in [0.3, 0.4) is 0 Å². The molecule has 0 spiro atoms. The van der Waals surface area contributed by atoms with Gasteiger partial charge in [-0.3, -0.25) is 4.79 Å². The molecule has 0 saturated carbocycles. The lowest BCUT2D eigenvalue weighted by Crippen LogP contribution is -2.06. The average Bonchev–Trinajstić information content (AvgIpc) is 2.76. The van der Waals surface area contributed by atoms with Crippen molar-refractivity contribution in [3.63, 3.8) is 0 Å². The van der Waals surface area contributed by atoms with Gasteiger partial charge in [-0.1, -0.05) is 22.9 Å². The minimum atomic E-state index is -0.439. The maximum absolute atomic E-state index is 12.0. The number of rotatable bonds is 4. The minimum Gasteiger partial charge on any atom is -0.465 e. The molecule has 0 aliphatic rings. The van der Waals surface area contributed by atoms with Gasteiger partial charge in [0.05, 0.1) is 18.2 Å². The molecule has 0 amide bonds. The number of ether oxygens (including phenoxy) is 1. The maximum Gasteiger partial charge on any atom is 0.338 e. The Morgan fingerprint density at radius 3 is 2.67 bits per heavy atom. The van der Waals surface area contributed by atoms with Crippen molar-refractivity contribution in [3.8, 4) is 0 Å². The van der Waals surface area contributed by atoms with E-state index in [1.54, 1.807) is 6.07 Å². The summed E-state index contributed by atoms with van der Waals surface area (Å²) in [6.45, 7) is 6.10. The molecule has 0 aliphatic heterocycles. The zero-order valence-corrected chi connectivity index (χ0v) is 14.2. The van der Waals surface area contributed by atoms with E-state index in [0.29, 0.717) is 16.5 Å². The van der Waals surface area contributed by atoms with Gasteiger partial charge in [0, 0.05) is 27.2 Å². The van der Waals surface area contributed by atoms with Crippen molar-refractivity contribution < 1.29 is 14.3 Å². The highest BCUT2D eigenvalue weighted by molar-refractivity contribution is 9.10. The number of halogens is 1. The van der Waals surface area contributed by atoms with Gasteiger partial charge in [-0.05, 0) is 32.4 Å². The van der Waals surface area contributed by atoms with Crippen LogP contribution in [0, 0.1) is 6.92 Å². The van der Waals surface area contributed by atoms with Crippen molar-refractivity contribution in [2.24, 2.45) is 0 Å². The first kappa shape index (κ1) is 15.8. The average molecular weight is 352 g/mol. The molecule has 0 radical (unpaired) electrons. The molecule has 1 aromatic heterocycles. The third-order valence-electron chi connectivity index (χ3n) is 3.92. The van der Waals surface area contributed by atoms with Crippen LogP contribution in [0.2, 0.25) is 0 Å². The van der Waals surface area contributed by atoms with Gasteiger partial charge in [-0.15, -0.1) is 0 Å². The van der Waals surface area contributed by atoms with Crippen molar-refractivity contribution in [1.29, 1.82) is 0 Å². The predicted molar refractivity (Wildman–Crippen MR) is 86.1 cm³/mol. The summed E-state index contributed by atoms with van der Waals surface area (Å²) < 4.78 is 7.74. The molecular formula is C16H18BrNO3. The zero-order chi connectivity index (χ0) is 15.7. The quantitative estimate of drug-likeness (QED) is 0.609. The van der Waals surface area contributed by atoms with Crippen molar-refractivity contribution in [2.45, 2.75) is 33.2 Å². The topological polar surface area (TPSA) is 48.3 Å². The Hall–Kier alpha value is -1.62. The lowest BCUT2D eigenvalue weighted by atomic mass is 10.1. The standard InChI is InChI=1S/C16H18BrNO3/c1-5-9(2)18-10(3)13(8-19)15-12(16(20)21-4)6-11(17)7-14(15)18/h6-9H,5H2,1-4H3. The molecule has 112 valence electrons. The van der Waals surface area contributed by atoms with E-state index in [9.17, 15) is 9.59 Å². The first-order valence-corrected chi connectivity index (χ1v) is 7.63. The third kappa shape index (κ3) is 2.50. The number of hydrogen-bond acceptors (Lipinski definition) is 3. The summed E-state index contributed by atoms with van der Waals surface area (Å²) in [5.41, 5.74) is 2.71. The summed E-state index contributed by atoms with van der Waals surface area (Å²) in [6.07, 6.45) is 1.75. The predicted octanol–water partition coefficient (Wildman–Crippen LogP) is 4.28. The van der Waals surface area contributed by atoms with E-state index in [2.05, 4.69) is 34.3 Å². The first-order chi connectivity index (χ1) is 9.96.